The largest absolute Gasteiger partial charge is 0.491 e. The van der Waals surface area contributed by atoms with E-state index in [0.29, 0.717) is 34.1 Å². The number of anilines is 1. The lowest BCUT2D eigenvalue weighted by atomic mass is 10.1. The molecule has 158 valence electrons. The Morgan fingerprint density at radius 1 is 1.17 bits per heavy atom. The van der Waals surface area contributed by atoms with Gasteiger partial charge in [0.1, 0.15) is 12.4 Å². The van der Waals surface area contributed by atoms with Gasteiger partial charge in [-0.15, -0.1) is 11.8 Å². The number of likely N-dealkylation sites (tertiary alicyclic amines) is 1. The van der Waals surface area contributed by atoms with Gasteiger partial charge in [0.25, 0.3) is 5.91 Å². The van der Waals surface area contributed by atoms with Gasteiger partial charge in [-0.1, -0.05) is 41.4 Å². The van der Waals surface area contributed by atoms with Gasteiger partial charge in [0.05, 0.1) is 15.0 Å². The number of carbonyl (C=O) groups excluding carboxylic acids is 1. The topological polar surface area (TPSA) is 32.8 Å². The molecule has 4 nitrogen and oxygen atoms in total. The van der Waals surface area contributed by atoms with E-state index in [9.17, 15) is 4.79 Å². The lowest BCUT2D eigenvalue weighted by Gasteiger charge is -2.28. The van der Waals surface area contributed by atoms with Gasteiger partial charge in [-0.3, -0.25) is 4.79 Å². The fourth-order valence-electron chi connectivity index (χ4n) is 3.79. The standard InChI is InChI=1S/C23H24Cl2N2O2S/c1-26-10-4-6-18(26)15-29-21-7-3-2-5-16(21)13-22-23(28)27(11-12-30-22)17-8-9-19(24)20(25)14-17/h2-3,5,7-9,13-14,18H,4,6,10-12,15H2,1H3. The normalized spacial score (nSPS) is 21.4. The molecule has 2 saturated heterocycles. The van der Waals surface area contributed by atoms with Crippen LogP contribution in [0.1, 0.15) is 18.4 Å². The first-order valence-corrected chi connectivity index (χ1v) is 11.8. The van der Waals surface area contributed by atoms with Gasteiger partial charge >= 0.3 is 0 Å². The van der Waals surface area contributed by atoms with Crippen LogP contribution in [0.25, 0.3) is 6.08 Å². The Kier molecular flexibility index (Phi) is 6.94. The third-order valence-corrected chi connectivity index (χ3v) is 7.28. The number of para-hydroxylation sites is 1. The summed E-state index contributed by atoms with van der Waals surface area (Å²) in [6, 6.07) is 13.6. The van der Waals surface area contributed by atoms with Gasteiger partial charge in [0.15, 0.2) is 0 Å². The summed E-state index contributed by atoms with van der Waals surface area (Å²) in [5.41, 5.74) is 1.68. The van der Waals surface area contributed by atoms with Crippen LogP contribution in [-0.2, 0) is 4.79 Å². The summed E-state index contributed by atoms with van der Waals surface area (Å²) >= 11 is 13.8. The van der Waals surface area contributed by atoms with Gasteiger partial charge in [0.2, 0.25) is 0 Å². The molecular weight excluding hydrogens is 439 g/mol. The maximum Gasteiger partial charge on any atom is 0.264 e. The van der Waals surface area contributed by atoms with Crippen LogP contribution in [0.15, 0.2) is 47.4 Å². The number of rotatable bonds is 5. The molecule has 0 saturated carbocycles. The van der Waals surface area contributed by atoms with Crippen LogP contribution in [0, 0.1) is 0 Å². The Morgan fingerprint density at radius 3 is 2.77 bits per heavy atom. The Balaban J connectivity index is 1.53. The number of hydrogen-bond acceptors (Lipinski definition) is 4. The maximum atomic E-state index is 13.2. The monoisotopic (exact) mass is 462 g/mol. The molecular formula is C23H24Cl2N2O2S. The zero-order chi connectivity index (χ0) is 21.1. The SMILES string of the molecule is CN1CCCC1COc1ccccc1C=C1SCCN(c2ccc(Cl)c(Cl)c2)C1=O. The predicted molar refractivity (Wildman–Crippen MR) is 127 cm³/mol. The van der Waals surface area contributed by atoms with Crippen molar-refractivity contribution in [2.75, 3.05) is 37.4 Å². The number of likely N-dealkylation sites (N-methyl/N-ethyl adjacent to an activating group) is 1. The van der Waals surface area contributed by atoms with Gasteiger partial charge in [-0.25, -0.2) is 0 Å². The zero-order valence-corrected chi connectivity index (χ0v) is 19.1. The fraction of sp³-hybridized carbons (Fsp3) is 0.348. The summed E-state index contributed by atoms with van der Waals surface area (Å²) in [5, 5.41) is 0.926. The molecule has 0 N–H and O–H groups in total. The van der Waals surface area contributed by atoms with Crippen molar-refractivity contribution in [3.05, 3.63) is 63.0 Å². The lowest BCUT2D eigenvalue weighted by Crippen LogP contribution is -2.37. The molecule has 2 aliphatic rings. The average molecular weight is 463 g/mol. The van der Waals surface area contributed by atoms with Crippen molar-refractivity contribution in [3.8, 4) is 5.75 Å². The Labute approximate surface area is 191 Å². The maximum absolute atomic E-state index is 13.2. The first-order chi connectivity index (χ1) is 14.5. The molecule has 0 spiro atoms. The van der Waals surface area contributed by atoms with Crippen molar-refractivity contribution in [1.82, 2.24) is 4.90 Å². The molecule has 4 rings (SSSR count). The Morgan fingerprint density at radius 2 is 2.00 bits per heavy atom. The van der Waals surface area contributed by atoms with Gasteiger partial charge in [0, 0.05) is 29.6 Å². The van der Waals surface area contributed by atoms with E-state index in [0.717, 1.165) is 35.7 Å². The van der Waals surface area contributed by atoms with Gasteiger partial charge in [-0.2, -0.15) is 0 Å². The highest BCUT2D eigenvalue weighted by Gasteiger charge is 2.26. The molecule has 7 heteroatoms. The van der Waals surface area contributed by atoms with Crippen molar-refractivity contribution in [2.24, 2.45) is 0 Å². The van der Waals surface area contributed by atoms with Crippen molar-refractivity contribution in [3.63, 3.8) is 0 Å². The molecule has 0 aliphatic carbocycles. The molecule has 1 atom stereocenters. The molecule has 0 radical (unpaired) electrons. The molecule has 2 heterocycles. The summed E-state index contributed by atoms with van der Waals surface area (Å²) in [6.07, 6.45) is 4.31. The van der Waals surface area contributed by atoms with Crippen LogP contribution in [0.3, 0.4) is 0 Å². The minimum absolute atomic E-state index is 0.0324. The molecule has 0 bridgehead atoms. The van der Waals surface area contributed by atoms with Crippen molar-refractivity contribution in [1.29, 1.82) is 0 Å². The summed E-state index contributed by atoms with van der Waals surface area (Å²) in [4.78, 5) is 18.0. The number of nitrogens with zero attached hydrogens (tertiary/aromatic N) is 2. The minimum Gasteiger partial charge on any atom is -0.491 e. The zero-order valence-electron chi connectivity index (χ0n) is 16.8. The Hall–Kier alpha value is -1.66. The van der Waals surface area contributed by atoms with E-state index >= 15 is 0 Å². The number of benzene rings is 2. The lowest BCUT2D eigenvalue weighted by molar-refractivity contribution is -0.114. The highest BCUT2D eigenvalue weighted by Crippen LogP contribution is 2.34. The van der Waals surface area contributed by atoms with Crippen LogP contribution >= 0.6 is 35.0 Å². The highest BCUT2D eigenvalue weighted by atomic mass is 35.5. The predicted octanol–water partition coefficient (Wildman–Crippen LogP) is 5.59. The highest BCUT2D eigenvalue weighted by molar-refractivity contribution is 8.04. The van der Waals surface area contributed by atoms with Crippen molar-refractivity contribution in [2.45, 2.75) is 18.9 Å². The quantitative estimate of drug-likeness (QED) is 0.542. The fourth-order valence-corrected chi connectivity index (χ4v) is 5.02. The third-order valence-electron chi connectivity index (χ3n) is 5.55. The third kappa shape index (κ3) is 4.80. The number of hydrogen-bond donors (Lipinski definition) is 0. The van der Waals surface area contributed by atoms with Crippen LogP contribution in [0.5, 0.6) is 5.75 Å². The first-order valence-electron chi connectivity index (χ1n) is 10.1. The molecule has 0 aromatic heterocycles. The molecule has 30 heavy (non-hydrogen) atoms. The van der Waals surface area contributed by atoms with Crippen LogP contribution in [0.2, 0.25) is 10.0 Å². The number of ether oxygens (including phenoxy) is 1. The first kappa shape index (κ1) is 21.6. The second kappa shape index (κ2) is 9.65. The van der Waals surface area contributed by atoms with Crippen molar-refractivity contribution < 1.29 is 9.53 Å². The molecule has 1 unspecified atom stereocenters. The summed E-state index contributed by atoms with van der Waals surface area (Å²) in [6.45, 7) is 2.41. The van der Waals surface area contributed by atoms with E-state index in [1.807, 2.05) is 36.4 Å². The number of halogens is 2. The number of carbonyl (C=O) groups is 1. The molecule has 2 aromatic carbocycles. The van der Waals surface area contributed by atoms with Crippen molar-refractivity contribution >= 4 is 52.6 Å². The summed E-state index contributed by atoms with van der Waals surface area (Å²) < 4.78 is 6.16. The van der Waals surface area contributed by atoms with Crippen LogP contribution in [0.4, 0.5) is 5.69 Å². The molecule has 1 amide bonds. The number of amides is 1. The van der Waals surface area contributed by atoms with E-state index in [-0.39, 0.29) is 5.91 Å². The average Bonchev–Trinajstić information content (AvgIpc) is 3.16. The minimum atomic E-state index is -0.0324. The summed E-state index contributed by atoms with van der Waals surface area (Å²) in [5.74, 6) is 1.59. The molecule has 2 fully saturated rings. The van der Waals surface area contributed by atoms with E-state index in [4.69, 9.17) is 27.9 Å². The van der Waals surface area contributed by atoms with E-state index in [1.165, 1.54) is 6.42 Å². The Bertz CT molecular complexity index is 966. The second-order valence-corrected chi connectivity index (χ2v) is 9.49. The summed E-state index contributed by atoms with van der Waals surface area (Å²) in [7, 11) is 2.14. The molecule has 2 aromatic rings. The van der Waals surface area contributed by atoms with Crippen LogP contribution in [-0.4, -0.2) is 49.3 Å². The second-order valence-electron chi connectivity index (χ2n) is 7.54. The smallest absolute Gasteiger partial charge is 0.264 e. The number of thioether (sulfide) groups is 1. The van der Waals surface area contributed by atoms with Gasteiger partial charge in [-0.05, 0) is 56.8 Å². The van der Waals surface area contributed by atoms with Crippen LogP contribution < -0.4 is 9.64 Å². The molecule has 2 aliphatic heterocycles. The van der Waals surface area contributed by atoms with E-state index in [1.54, 1.807) is 28.8 Å². The van der Waals surface area contributed by atoms with E-state index < -0.39 is 0 Å². The van der Waals surface area contributed by atoms with Gasteiger partial charge < -0.3 is 14.5 Å². The van der Waals surface area contributed by atoms with E-state index in [2.05, 4.69) is 11.9 Å².